The van der Waals surface area contributed by atoms with Crippen molar-refractivity contribution in [2.45, 2.75) is 51.5 Å². The van der Waals surface area contributed by atoms with Gasteiger partial charge in [-0.05, 0) is 69.2 Å². The number of nitrogens with one attached hydrogen (secondary N) is 1. The molecule has 1 aliphatic heterocycles. The lowest BCUT2D eigenvalue weighted by Crippen LogP contribution is -2.51. The van der Waals surface area contributed by atoms with E-state index in [9.17, 15) is 8.42 Å². The molecule has 3 N–H and O–H groups in total. The molecule has 3 fully saturated rings. The minimum absolute atomic E-state index is 0.0588. The highest BCUT2D eigenvalue weighted by atomic mass is 32.2. The molecule has 5 unspecified atom stereocenters. The summed E-state index contributed by atoms with van der Waals surface area (Å²) >= 11 is 0. The SMILES string of the molecule is CC(NS(=O)(=O)N1CCCC(CN)C1)C1CC2CCC1C2. The lowest BCUT2D eigenvalue weighted by atomic mass is 9.84. The lowest BCUT2D eigenvalue weighted by Gasteiger charge is -2.34. The average Bonchev–Trinajstić information content (AvgIpc) is 3.09. The molecular weight excluding hydrogens is 286 g/mol. The summed E-state index contributed by atoms with van der Waals surface area (Å²) in [5.41, 5.74) is 5.71. The van der Waals surface area contributed by atoms with Gasteiger partial charge >= 0.3 is 0 Å². The van der Waals surface area contributed by atoms with Crippen LogP contribution in [0.3, 0.4) is 0 Å². The standard InChI is InChI=1S/C15H29N3O2S/c1-11(15-8-12-4-5-14(15)7-12)17-21(19,20)18-6-2-3-13(9-16)10-18/h11-15,17H,2-10,16H2,1H3. The van der Waals surface area contributed by atoms with Crippen molar-refractivity contribution in [3.8, 4) is 0 Å². The molecule has 3 rings (SSSR count). The number of nitrogens with two attached hydrogens (primary N) is 1. The zero-order valence-electron chi connectivity index (χ0n) is 13.0. The Labute approximate surface area is 128 Å². The zero-order chi connectivity index (χ0) is 15.0. The summed E-state index contributed by atoms with van der Waals surface area (Å²) in [5.74, 6) is 2.44. The molecule has 21 heavy (non-hydrogen) atoms. The van der Waals surface area contributed by atoms with Gasteiger partial charge in [0.1, 0.15) is 0 Å². The average molecular weight is 315 g/mol. The maximum absolute atomic E-state index is 12.6. The van der Waals surface area contributed by atoms with Crippen LogP contribution in [0, 0.1) is 23.7 Å². The Bertz CT molecular complexity index is 468. The van der Waals surface area contributed by atoms with Crippen LogP contribution < -0.4 is 10.5 Å². The fraction of sp³-hybridized carbons (Fsp3) is 1.00. The van der Waals surface area contributed by atoms with E-state index in [1.54, 1.807) is 4.31 Å². The summed E-state index contributed by atoms with van der Waals surface area (Å²) in [4.78, 5) is 0. The van der Waals surface area contributed by atoms with Crippen LogP contribution in [0.1, 0.15) is 45.4 Å². The molecule has 5 atom stereocenters. The third kappa shape index (κ3) is 3.28. The van der Waals surface area contributed by atoms with Crippen molar-refractivity contribution in [1.82, 2.24) is 9.03 Å². The number of piperidine rings is 1. The fourth-order valence-corrected chi connectivity index (χ4v) is 6.31. The minimum atomic E-state index is -3.35. The second-order valence-corrected chi connectivity index (χ2v) is 9.05. The molecule has 3 aliphatic rings. The van der Waals surface area contributed by atoms with E-state index in [0.29, 0.717) is 31.5 Å². The van der Waals surface area contributed by atoms with Gasteiger partial charge in [0.2, 0.25) is 0 Å². The number of hydrogen-bond acceptors (Lipinski definition) is 3. The minimum Gasteiger partial charge on any atom is -0.330 e. The molecule has 122 valence electrons. The van der Waals surface area contributed by atoms with Crippen LogP contribution in [0.2, 0.25) is 0 Å². The molecule has 0 aromatic carbocycles. The Morgan fingerprint density at radius 3 is 2.71 bits per heavy atom. The van der Waals surface area contributed by atoms with E-state index in [0.717, 1.165) is 24.7 Å². The highest BCUT2D eigenvalue weighted by Gasteiger charge is 2.43. The van der Waals surface area contributed by atoms with E-state index in [4.69, 9.17) is 5.73 Å². The van der Waals surface area contributed by atoms with Crippen LogP contribution in [-0.4, -0.2) is 38.4 Å². The van der Waals surface area contributed by atoms with Gasteiger partial charge in [-0.1, -0.05) is 6.42 Å². The first-order valence-corrected chi connectivity index (χ1v) is 9.91. The van der Waals surface area contributed by atoms with Crippen LogP contribution in [-0.2, 0) is 10.2 Å². The quantitative estimate of drug-likeness (QED) is 0.803. The molecule has 1 heterocycles. The Morgan fingerprint density at radius 1 is 1.29 bits per heavy atom. The maximum Gasteiger partial charge on any atom is 0.279 e. The van der Waals surface area contributed by atoms with E-state index in [-0.39, 0.29) is 6.04 Å². The summed E-state index contributed by atoms with van der Waals surface area (Å²) in [5, 5.41) is 0. The molecule has 5 nitrogen and oxygen atoms in total. The van der Waals surface area contributed by atoms with E-state index in [2.05, 4.69) is 4.72 Å². The number of rotatable bonds is 5. The van der Waals surface area contributed by atoms with Crippen molar-refractivity contribution >= 4 is 10.2 Å². The van der Waals surface area contributed by atoms with Gasteiger partial charge in [0.05, 0.1) is 0 Å². The van der Waals surface area contributed by atoms with E-state index < -0.39 is 10.2 Å². The number of hydrogen-bond donors (Lipinski definition) is 2. The van der Waals surface area contributed by atoms with Gasteiger partial charge in [0, 0.05) is 19.1 Å². The summed E-state index contributed by atoms with van der Waals surface area (Å²) < 4.78 is 29.8. The number of fused-ring (bicyclic) bond motifs is 2. The first kappa shape index (κ1) is 15.7. The van der Waals surface area contributed by atoms with Crippen molar-refractivity contribution in [3.05, 3.63) is 0 Å². The van der Waals surface area contributed by atoms with Gasteiger partial charge in [0.25, 0.3) is 10.2 Å². The third-order valence-corrected chi connectivity index (χ3v) is 7.61. The van der Waals surface area contributed by atoms with Crippen molar-refractivity contribution < 1.29 is 8.42 Å². The van der Waals surface area contributed by atoms with E-state index in [1.807, 2.05) is 6.92 Å². The molecule has 0 spiro atoms. The third-order valence-electron chi connectivity index (χ3n) is 5.92. The summed E-state index contributed by atoms with van der Waals surface area (Å²) in [7, 11) is -3.35. The largest absolute Gasteiger partial charge is 0.330 e. The van der Waals surface area contributed by atoms with Crippen molar-refractivity contribution in [2.24, 2.45) is 29.4 Å². The molecule has 0 radical (unpaired) electrons. The topological polar surface area (TPSA) is 75.4 Å². The van der Waals surface area contributed by atoms with Crippen LogP contribution in [0.5, 0.6) is 0 Å². The Morgan fingerprint density at radius 2 is 2.10 bits per heavy atom. The first-order chi connectivity index (χ1) is 9.99. The highest BCUT2D eigenvalue weighted by molar-refractivity contribution is 7.87. The van der Waals surface area contributed by atoms with E-state index >= 15 is 0 Å². The van der Waals surface area contributed by atoms with Crippen LogP contribution in [0.25, 0.3) is 0 Å². The smallest absolute Gasteiger partial charge is 0.279 e. The molecule has 1 saturated heterocycles. The molecule has 0 aromatic rings. The first-order valence-electron chi connectivity index (χ1n) is 8.47. The highest BCUT2D eigenvalue weighted by Crippen LogP contribution is 2.49. The van der Waals surface area contributed by atoms with Gasteiger partial charge in [-0.25, -0.2) is 0 Å². The van der Waals surface area contributed by atoms with Crippen LogP contribution in [0.15, 0.2) is 0 Å². The number of nitrogens with zero attached hydrogens (tertiary/aromatic N) is 1. The summed E-state index contributed by atoms with van der Waals surface area (Å²) in [6.45, 7) is 3.84. The predicted molar refractivity (Wildman–Crippen MR) is 83.8 cm³/mol. The normalized spacial score (nSPS) is 38.8. The van der Waals surface area contributed by atoms with Gasteiger partial charge in [-0.2, -0.15) is 17.4 Å². The molecule has 6 heteroatoms. The fourth-order valence-electron chi connectivity index (χ4n) is 4.74. The van der Waals surface area contributed by atoms with Crippen molar-refractivity contribution in [1.29, 1.82) is 0 Å². The Hall–Kier alpha value is -0.170. The zero-order valence-corrected chi connectivity index (χ0v) is 13.8. The van der Waals surface area contributed by atoms with Crippen LogP contribution in [0.4, 0.5) is 0 Å². The molecule has 2 bridgehead atoms. The monoisotopic (exact) mass is 315 g/mol. The van der Waals surface area contributed by atoms with Crippen molar-refractivity contribution in [2.75, 3.05) is 19.6 Å². The van der Waals surface area contributed by atoms with Gasteiger partial charge in [-0.3, -0.25) is 0 Å². The van der Waals surface area contributed by atoms with Gasteiger partial charge in [0.15, 0.2) is 0 Å². The van der Waals surface area contributed by atoms with E-state index in [1.165, 1.54) is 25.7 Å². The molecule has 0 amide bonds. The summed E-state index contributed by atoms with van der Waals surface area (Å²) in [6, 6.07) is 0.0588. The molecule has 0 aromatic heterocycles. The molecule has 2 aliphatic carbocycles. The Balaban J connectivity index is 1.60. The maximum atomic E-state index is 12.6. The Kier molecular flexibility index (Phi) is 4.60. The summed E-state index contributed by atoms with van der Waals surface area (Å²) in [6.07, 6.45) is 7.14. The predicted octanol–water partition coefficient (Wildman–Crippen LogP) is 1.32. The lowest BCUT2D eigenvalue weighted by molar-refractivity contribution is 0.252. The molecular formula is C15H29N3O2S. The second kappa shape index (κ2) is 6.14. The molecule has 2 saturated carbocycles. The second-order valence-electron chi connectivity index (χ2n) is 7.35. The van der Waals surface area contributed by atoms with Gasteiger partial charge < -0.3 is 5.73 Å². The van der Waals surface area contributed by atoms with Crippen LogP contribution >= 0.6 is 0 Å². The van der Waals surface area contributed by atoms with Crippen molar-refractivity contribution in [3.63, 3.8) is 0 Å². The van der Waals surface area contributed by atoms with Gasteiger partial charge in [-0.15, -0.1) is 0 Å².